The van der Waals surface area contributed by atoms with Crippen molar-refractivity contribution in [3.05, 3.63) is 41.5 Å². The second-order valence-corrected chi connectivity index (χ2v) is 7.31. The molecule has 6 heteroatoms. The Hall–Kier alpha value is -2.44. The average molecular weight is 365 g/mol. The molecule has 0 bridgehead atoms. The van der Waals surface area contributed by atoms with Gasteiger partial charge in [0, 0.05) is 31.3 Å². The van der Waals surface area contributed by atoms with E-state index in [4.69, 9.17) is 4.98 Å². The molecule has 0 amide bonds. The standard InChI is InChI=1S/C21H27N5O/c1-26-13-18-20(24-14-26)12-19(25-21(18)23-10-11-27)17-4-2-15(3-5-17)16-6-8-22-9-7-16/h2-5,12,14,16,22,27H,6-11,13H2,1H3,(H,23,25). The summed E-state index contributed by atoms with van der Waals surface area (Å²) in [5.41, 5.74) is 5.44. The maximum atomic E-state index is 9.19. The largest absolute Gasteiger partial charge is 0.395 e. The predicted octanol–water partition coefficient (Wildman–Crippen LogP) is 2.73. The quantitative estimate of drug-likeness (QED) is 0.760. The number of nitrogens with zero attached hydrogens (tertiary/aromatic N) is 3. The topological polar surface area (TPSA) is 72.8 Å². The highest BCUT2D eigenvalue weighted by Crippen LogP contribution is 2.34. The Bertz CT molecular complexity index is 812. The zero-order valence-corrected chi connectivity index (χ0v) is 15.8. The zero-order chi connectivity index (χ0) is 18.6. The minimum absolute atomic E-state index is 0.0741. The molecule has 3 N–H and O–H groups in total. The summed E-state index contributed by atoms with van der Waals surface area (Å²) in [4.78, 5) is 11.4. The third-order valence-electron chi connectivity index (χ3n) is 5.32. The molecule has 4 rings (SSSR count). The molecule has 2 aliphatic rings. The van der Waals surface area contributed by atoms with Crippen molar-refractivity contribution in [2.24, 2.45) is 4.99 Å². The van der Waals surface area contributed by atoms with Crippen molar-refractivity contribution < 1.29 is 5.11 Å². The predicted molar refractivity (Wildman–Crippen MR) is 110 cm³/mol. The van der Waals surface area contributed by atoms with E-state index in [-0.39, 0.29) is 6.61 Å². The number of aliphatic imine (C=N–C) groups is 1. The molecule has 6 nitrogen and oxygen atoms in total. The smallest absolute Gasteiger partial charge is 0.133 e. The fourth-order valence-electron chi connectivity index (χ4n) is 3.83. The molecule has 142 valence electrons. The molecule has 1 aromatic carbocycles. The van der Waals surface area contributed by atoms with Crippen LogP contribution in [-0.4, -0.2) is 54.6 Å². The van der Waals surface area contributed by atoms with E-state index in [1.54, 1.807) is 0 Å². The Labute approximate surface area is 160 Å². The van der Waals surface area contributed by atoms with Crippen LogP contribution in [0.25, 0.3) is 11.3 Å². The molecule has 1 saturated heterocycles. The van der Waals surface area contributed by atoms with Gasteiger partial charge in [0.15, 0.2) is 0 Å². The van der Waals surface area contributed by atoms with Crippen LogP contribution in [0.5, 0.6) is 0 Å². The van der Waals surface area contributed by atoms with Gasteiger partial charge in [-0.05, 0) is 43.5 Å². The lowest BCUT2D eigenvalue weighted by Gasteiger charge is -2.24. The highest BCUT2D eigenvalue weighted by molar-refractivity contribution is 5.76. The maximum absolute atomic E-state index is 9.19. The van der Waals surface area contributed by atoms with Crippen LogP contribution in [0.2, 0.25) is 0 Å². The van der Waals surface area contributed by atoms with Gasteiger partial charge < -0.3 is 20.6 Å². The number of nitrogens with one attached hydrogen (secondary N) is 2. The Morgan fingerprint density at radius 3 is 2.74 bits per heavy atom. The first-order chi connectivity index (χ1) is 13.2. The van der Waals surface area contributed by atoms with Crippen LogP contribution in [0.15, 0.2) is 35.3 Å². The number of rotatable bonds is 5. The minimum Gasteiger partial charge on any atom is -0.395 e. The van der Waals surface area contributed by atoms with Crippen molar-refractivity contribution in [1.29, 1.82) is 0 Å². The van der Waals surface area contributed by atoms with E-state index in [1.165, 1.54) is 18.4 Å². The molecule has 1 fully saturated rings. The first-order valence-electron chi connectivity index (χ1n) is 9.68. The van der Waals surface area contributed by atoms with Gasteiger partial charge in [0.25, 0.3) is 0 Å². The van der Waals surface area contributed by atoms with Crippen LogP contribution in [0.1, 0.15) is 29.9 Å². The van der Waals surface area contributed by atoms with Crippen LogP contribution in [0, 0.1) is 0 Å². The third-order valence-corrected chi connectivity index (χ3v) is 5.32. The van der Waals surface area contributed by atoms with Gasteiger partial charge in [-0.2, -0.15) is 0 Å². The maximum Gasteiger partial charge on any atom is 0.133 e. The van der Waals surface area contributed by atoms with Crippen molar-refractivity contribution in [2.75, 3.05) is 38.6 Å². The van der Waals surface area contributed by atoms with Gasteiger partial charge in [0.2, 0.25) is 0 Å². The van der Waals surface area contributed by atoms with Gasteiger partial charge in [-0.3, -0.25) is 0 Å². The van der Waals surface area contributed by atoms with Crippen molar-refractivity contribution in [2.45, 2.75) is 25.3 Å². The SMILES string of the molecule is CN1C=Nc2cc(-c3ccc(C4CCNCC4)cc3)nc(NCCO)c2C1. The molecule has 0 atom stereocenters. The molecule has 0 radical (unpaired) electrons. The highest BCUT2D eigenvalue weighted by Gasteiger charge is 2.18. The molecule has 0 spiro atoms. The molecule has 1 aromatic heterocycles. The summed E-state index contributed by atoms with van der Waals surface area (Å²) in [6.07, 6.45) is 4.25. The summed E-state index contributed by atoms with van der Waals surface area (Å²) in [6, 6.07) is 10.9. The van der Waals surface area contributed by atoms with E-state index in [9.17, 15) is 5.11 Å². The summed E-state index contributed by atoms with van der Waals surface area (Å²) >= 11 is 0. The van der Waals surface area contributed by atoms with Gasteiger partial charge in [0.1, 0.15) is 5.82 Å². The van der Waals surface area contributed by atoms with Crippen LogP contribution >= 0.6 is 0 Å². The van der Waals surface area contributed by atoms with Crippen LogP contribution in [0.4, 0.5) is 11.5 Å². The highest BCUT2D eigenvalue weighted by atomic mass is 16.3. The van der Waals surface area contributed by atoms with E-state index in [0.717, 1.165) is 48.0 Å². The molecular weight excluding hydrogens is 338 g/mol. The first-order valence-corrected chi connectivity index (χ1v) is 9.68. The van der Waals surface area contributed by atoms with E-state index in [2.05, 4.69) is 46.0 Å². The number of benzene rings is 1. The number of pyridine rings is 1. The summed E-state index contributed by atoms with van der Waals surface area (Å²) in [6.45, 7) is 3.51. The molecule has 2 aliphatic heterocycles. The van der Waals surface area contributed by atoms with Crippen molar-refractivity contribution in [1.82, 2.24) is 15.2 Å². The Morgan fingerprint density at radius 1 is 1.22 bits per heavy atom. The number of aliphatic hydroxyl groups excluding tert-OH is 1. The number of hydrogen-bond acceptors (Lipinski definition) is 6. The van der Waals surface area contributed by atoms with Crippen molar-refractivity contribution in [3.63, 3.8) is 0 Å². The molecule has 27 heavy (non-hydrogen) atoms. The van der Waals surface area contributed by atoms with Crippen LogP contribution < -0.4 is 10.6 Å². The Morgan fingerprint density at radius 2 is 2.00 bits per heavy atom. The lowest BCUT2D eigenvalue weighted by molar-refractivity contribution is 0.311. The second kappa shape index (κ2) is 8.06. The molecule has 3 heterocycles. The van der Waals surface area contributed by atoms with E-state index >= 15 is 0 Å². The van der Waals surface area contributed by atoms with Gasteiger partial charge in [0.05, 0.1) is 24.3 Å². The zero-order valence-electron chi connectivity index (χ0n) is 15.8. The van der Waals surface area contributed by atoms with Crippen LogP contribution in [-0.2, 0) is 6.54 Å². The molecule has 0 saturated carbocycles. The molecule has 0 unspecified atom stereocenters. The number of aliphatic hydroxyl groups is 1. The average Bonchev–Trinajstić information content (AvgIpc) is 2.73. The molecular formula is C21H27N5O. The van der Waals surface area contributed by atoms with Gasteiger partial charge in [-0.15, -0.1) is 0 Å². The lowest BCUT2D eigenvalue weighted by atomic mass is 9.89. The normalized spacial score (nSPS) is 17.0. The summed E-state index contributed by atoms with van der Waals surface area (Å²) in [7, 11) is 2.00. The number of hydrogen-bond donors (Lipinski definition) is 3. The van der Waals surface area contributed by atoms with Crippen molar-refractivity contribution >= 4 is 17.8 Å². The van der Waals surface area contributed by atoms with Gasteiger partial charge >= 0.3 is 0 Å². The van der Waals surface area contributed by atoms with E-state index in [0.29, 0.717) is 12.5 Å². The number of fused-ring (bicyclic) bond motifs is 1. The number of aromatic nitrogens is 1. The fraction of sp³-hybridized carbons (Fsp3) is 0.429. The van der Waals surface area contributed by atoms with Crippen LogP contribution in [0.3, 0.4) is 0 Å². The third kappa shape index (κ3) is 3.96. The molecule has 2 aromatic rings. The number of anilines is 1. The van der Waals surface area contributed by atoms with Crippen molar-refractivity contribution in [3.8, 4) is 11.3 Å². The van der Waals surface area contributed by atoms with E-state index in [1.807, 2.05) is 18.3 Å². The monoisotopic (exact) mass is 365 g/mol. The summed E-state index contributed by atoms with van der Waals surface area (Å²) < 4.78 is 0. The second-order valence-electron chi connectivity index (χ2n) is 7.31. The summed E-state index contributed by atoms with van der Waals surface area (Å²) in [5.74, 6) is 1.46. The van der Waals surface area contributed by atoms with Gasteiger partial charge in [-0.25, -0.2) is 9.98 Å². The Balaban J connectivity index is 1.64. The Kier molecular flexibility index (Phi) is 5.36. The lowest BCUT2D eigenvalue weighted by Crippen LogP contribution is -2.26. The fourth-order valence-corrected chi connectivity index (χ4v) is 3.83. The molecule has 0 aliphatic carbocycles. The number of piperidine rings is 1. The summed E-state index contributed by atoms with van der Waals surface area (Å²) in [5, 5.41) is 15.9. The van der Waals surface area contributed by atoms with E-state index < -0.39 is 0 Å². The minimum atomic E-state index is 0.0741. The van der Waals surface area contributed by atoms with Gasteiger partial charge in [-0.1, -0.05) is 24.3 Å². The first kappa shape index (κ1) is 17.9.